The molecule has 2 aliphatic carbocycles. The van der Waals surface area contributed by atoms with E-state index in [2.05, 4.69) is 134 Å². The zero-order valence-electron chi connectivity index (χ0n) is 28.3. The second-order valence-electron chi connectivity index (χ2n) is 13.7. The second kappa shape index (κ2) is 16.2. The lowest BCUT2D eigenvalue weighted by molar-refractivity contribution is -0.0439. The number of hydrogen-bond acceptors (Lipinski definition) is 3. The van der Waals surface area contributed by atoms with Gasteiger partial charge in [0.15, 0.2) is 0 Å². The fourth-order valence-corrected chi connectivity index (χ4v) is 6.03. The van der Waals surface area contributed by atoms with Crippen LogP contribution in [0.4, 0.5) is 0 Å². The molecular weight excluding hydrogens is 528 g/mol. The van der Waals surface area contributed by atoms with Crippen molar-refractivity contribution in [3.8, 4) is 0 Å². The van der Waals surface area contributed by atoms with Crippen LogP contribution >= 0.6 is 0 Å². The molecule has 0 aromatic heterocycles. The Bertz CT molecular complexity index is 1330. The molecule has 3 atom stereocenters. The van der Waals surface area contributed by atoms with Crippen molar-refractivity contribution in [3.63, 3.8) is 0 Å². The van der Waals surface area contributed by atoms with Gasteiger partial charge < -0.3 is 15.3 Å². The van der Waals surface area contributed by atoms with E-state index in [9.17, 15) is 15.3 Å². The molecule has 43 heavy (non-hydrogen) atoms. The Hall–Kier alpha value is -2.98. The first-order valence-corrected chi connectivity index (χ1v) is 15.6. The van der Waals surface area contributed by atoms with Gasteiger partial charge in [0.1, 0.15) is 0 Å². The van der Waals surface area contributed by atoms with Crippen LogP contribution in [0, 0.1) is 10.8 Å². The molecule has 234 valence electrons. The van der Waals surface area contributed by atoms with Gasteiger partial charge in [-0.15, -0.1) is 0 Å². The molecule has 0 bridgehead atoms. The van der Waals surface area contributed by atoms with E-state index in [0.29, 0.717) is 6.42 Å². The summed E-state index contributed by atoms with van der Waals surface area (Å²) in [5, 5.41) is 30.7. The highest BCUT2D eigenvalue weighted by atomic mass is 16.3. The molecule has 0 aromatic carbocycles. The monoisotopic (exact) mass is 584 g/mol. The van der Waals surface area contributed by atoms with Gasteiger partial charge in [-0.05, 0) is 77.4 Å². The number of rotatable bonds is 10. The van der Waals surface area contributed by atoms with E-state index in [4.69, 9.17) is 0 Å². The minimum atomic E-state index is -0.761. The Balaban J connectivity index is 1.92. The molecule has 0 saturated carbocycles. The SMILES string of the molecule is CC1=C(/C=C/C(C)=C/C=C/C(C)=C/C=C/C=C(C)/C=C/C=C(C)/C=C/C2=C(C)C[C@@H](O)[C@H](O)C2(C)C)C(C)(C)C[C@H](O)C1. The molecule has 0 amide bonds. The lowest BCUT2D eigenvalue weighted by atomic mass is 9.69. The van der Waals surface area contributed by atoms with Crippen LogP contribution in [0.15, 0.2) is 130 Å². The maximum absolute atomic E-state index is 10.4. The normalized spacial score (nSPS) is 26.5. The smallest absolute Gasteiger partial charge is 0.0893 e. The van der Waals surface area contributed by atoms with Crippen LogP contribution < -0.4 is 0 Å². The van der Waals surface area contributed by atoms with Crippen LogP contribution in [0.3, 0.4) is 0 Å². The summed E-state index contributed by atoms with van der Waals surface area (Å²) < 4.78 is 0. The molecule has 0 spiro atoms. The summed E-state index contributed by atoms with van der Waals surface area (Å²) in [6, 6.07) is 0. The van der Waals surface area contributed by atoms with Crippen molar-refractivity contribution in [1.82, 2.24) is 0 Å². The molecule has 2 rings (SSSR count). The van der Waals surface area contributed by atoms with E-state index in [-0.39, 0.29) is 11.5 Å². The highest BCUT2D eigenvalue weighted by Crippen LogP contribution is 2.42. The van der Waals surface area contributed by atoms with E-state index in [1.54, 1.807) is 0 Å². The van der Waals surface area contributed by atoms with Crippen molar-refractivity contribution in [1.29, 1.82) is 0 Å². The van der Waals surface area contributed by atoms with Crippen molar-refractivity contribution in [3.05, 3.63) is 130 Å². The van der Waals surface area contributed by atoms with Crippen LogP contribution in [0.5, 0.6) is 0 Å². The third-order valence-corrected chi connectivity index (χ3v) is 8.54. The van der Waals surface area contributed by atoms with E-state index in [0.717, 1.165) is 35.1 Å². The second-order valence-corrected chi connectivity index (χ2v) is 13.7. The fraction of sp³-hybridized carbons (Fsp3) is 0.450. The van der Waals surface area contributed by atoms with Gasteiger partial charge in [0.05, 0.1) is 18.3 Å². The van der Waals surface area contributed by atoms with Crippen molar-refractivity contribution in [2.45, 2.75) is 107 Å². The topological polar surface area (TPSA) is 60.7 Å². The Morgan fingerprint density at radius 3 is 1.51 bits per heavy atom. The fourth-order valence-electron chi connectivity index (χ4n) is 6.03. The zero-order valence-corrected chi connectivity index (χ0v) is 28.3. The molecule has 0 aliphatic heterocycles. The average Bonchev–Trinajstić information content (AvgIpc) is 2.88. The zero-order chi connectivity index (χ0) is 32.4. The van der Waals surface area contributed by atoms with Crippen molar-refractivity contribution in [2.75, 3.05) is 0 Å². The number of aliphatic hydroxyl groups is 3. The summed E-state index contributed by atoms with van der Waals surface area (Å²) >= 11 is 0. The summed E-state index contributed by atoms with van der Waals surface area (Å²) in [4.78, 5) is 0. The molecule has 0 unspecified atom stereocenters. The first kappa shape index (κ1) is 36.2. The first-order valence-electron chi connectivity index (χ1n) is 15.6. The third kappa shape index (κ3) is 11.2. The lowest BCUT2D eigenvalue weighted by Crippen LogP contribution is -2.44. The van der Waals surface area contributed by atoms with Crippen LogP contribution in [0.25, 0.3) is 0 Å². The van der Waals surface area contributed by atoms with Gasteiger partial charge in [0, 0.05) is 5.41 Å². The Morgan fingerprint density at radius 1 is 0.605 bits per heavy atom. The molecular formula is C40H56O3. The quantitative estimate of drug-likeness (QED) is 0.224. The summed E-state index contributed by atoms with van der Waals surface area (Å²) in [6.45, 7) is 20.9. The predicted octanol–water partition coefficient (Wildman–Crippen LogP) is 9.52. The third-order valence-electron chi connectivity index (χ3n) is 8.54. The lowest BCUT2D eigenvalue weighted by Gasteiger charge is -2.40. The van der Waals surface area contributed by atoms with Crippen LogP contribution in [0.1, 0.15) is 88.5 Å². The van der Waals surface area contributed by atoms with Crippen LogP contribution in [0.2, 0.25) is 0 Å². The van der Waals surface area contributed by atoms with Crippen molar-refractivity contribution >= 4 is 0 Å². The average molecular weight is 585 g/mol. The Kier molecular flexibility index (Phi) is 13.6. The van der Waals surface area contributed by atoms with Gasteiger partial charge in [0.25, 0.3) is 0 Å². The number of hydrogen-bond donors (Lipinski definition) is 3. The first-order chi connectivity index (χ1) is 20.0. The van der Waals surface area contributed by atoms with Crippen molar-refractivity contribution in [2.24, 2.45) is 10.8 Å². The molecule has 3 nitrogen and oxygen atoms in total. The summed E-state index contributed by atoms with van der Waals surface area (Å²) in [5.41, 5.74) is 8.99. The molecule has 0 heterocycles. The minimum absolute atomic E-state index is 0.00247. The van der Waals surface area contributed by atoms with Gasteiger partial charge in [-0.3, -0.25) is 0 Å². The van der Waals surface area contributed by atoms with Gasteiger partial charge in [-0.2, -0.15) is 0 Å². The van der Waals surface area contributed by atoms with E-state index >= 15 is 0 Å². The standard InChI is InChI=1S/C40H56O3/c1-28(17-13-19-30(3)21-23-35-32(5)25-34(41)27-39(35,7)8)15-11-12-16-29(2)18-14-20-31(4)22-24-36-33(6)26-37(42)38(43)40(36,9)10/h11-24,34,37-38,41-43H,25-27H2,1-10H3/b12-11+,17-13+,18-14+,23-21+,24-22+,28-15+,29-16+,30-19+,31-20+/t34-,37-,38+/m1/s1. The molecule has 0 aromatic rings. The van der Waals surface area contributed by atoms with Crippen LogP contribution in [-0.4, -0.2) is 33.6 Å². The summed E-state index contributed by atoms with van der Waals surface area (Å²) in [7, 11) is 0. The highest BCUT2D eigenvalue weighted by molar-refractivity contribution is 5.40. The Labute approximate surface area is 262 Å². The number of aliphatic hydroxyl groups excluding tert-OH is 3. The van der Waals surface area contributed by atoms with E-state index in [1.807, 2.05) is 20.8 Å². The largest absolute Gasteiger partial charge is 0.393 e. The molecule has 0 fully saturated rings. The summed E-state index contributed by atoms with van der Waals surface area (Å²) in [5.74, 6) is 0. The Morgan fingerprint density at radius 2 is 1.02 bits per heavy atom. The predicted molar refractivity (Wildman–Crippen MR) is 186 cm³/mol. The summed E-state index contributed by atoms with van der Waals surface area (Å²) in [6.07, 6.45) is 29.8. The van der Waals surface area contributed by atoms with Crippen molar-refractivity contribution < 1.29 is 15.3 Å². The molecule has 0 radical (unpaired) electrons. The van der Waals surface area contributed by atoms with Gasteiger partial charge in [-0.1, -0.05) is 146 Å². The maximum atomic E-state index is 10.4. The molecule has 2 aliphatic rings. The highest BCUT2D eigenvalue weighted by Gasteiger charge is 2.40. The minimum Gasteiger partial charge on any atom is -0.393 e. The van der Waals surface area contributed by atoms with Gasteiger partial charge in [-0.25, -0.2) is 0 Å². The van der Waals surface area contributed by atoms with Gasteiger partial charge >= 0.3 is 0 Å². The maximum Gasteiger partial charge on any atom is 0.0893 e. The molecule has 0 saturated heterocycles. The van der Waals surface area contributed by atoms with Crippen LogP contribution in [-0.2, 0) is 0 Å². The molecule has 3 N–H and O–H groups in total. The van der Waals surface area contributed by atoms with E-state index in [1.165, 1.54) is 22.3 Å². The van der Waals surface area contributed by atoms with Gasteiger partial charge in [0.2, 0.25) is 0 Å². The molecule has 3 heteroatoms. The number of allylic oxidation sites excluding steroid dienone is 19. The van der Waals surface area contributed by atoms with E-state index < -0.39 is 17.6 Å².